The highest BCUT2D eigenvalue weighted by Crippen LogP contribution is 2.21. The van der Waals surface area contributed by atoms with Crippen molar-refractivity contribution in [2.45, 2.75) is 52.1 Å². The molecule has 78 valence electrons. The molecule has 2 N–H and O–H groups in total. The molecular formula is C11H24N2. The van der Waals surface area contributed by atoms with Gasteiger partial charge in [0.1, 0.15) is 0 Å². The van der Waals surface area contributed by atoms with Crippen LogP contribution in [0, 0.1) is 5.92 Å². The summed E-state index contributed by atoms with van der Waals surface area (Å²) in [6, 6.07) is 0.410. The predicted molar refractivity (Wildman–Crippen MR) is 57.7 cm³/mol. The summed E-state index contributed by atoms with van der Waals surface area (Å²) in [6.45, 7) is 11.5. The molecule has 13 heavy (non-hydrogen) atoms. The number of nitrogens with two attached hydrogens (primary N) is 1. The van der Waals surface area contributed by atoms with Gasteiger partial charge in [0.05, 0.1) is 0 Å². The Labute approximate surface area is 82.5 Å². The van der Waals surface area contributed by atoms with Crippen LogP contribution in [0.25, 0.3) is 0 Å². The van der Waals surface area contributed by atoms with Gasteiger partial charge in [-0.25, -0.2) is 0 Å². The quantitative estimate of drug-likeness (QED) is 0.622. The van der Waals surface area contributed by atoms with Gasteiger partial charge < -0.3 is 5.73 Å². The summed E-state index contributed by atoms with van der Waals surface area (Å²) in [4.78, 5) is 2.55. The van der Waals surface area contributed by atoms with Crippen LogP contribution >= 0.6 is 0 Å². The normalized spacial score (nSPS) is 33.0. The fourth-order valence-corrected chi connectivity index (χ4v) is 1.95. The maximum absolute atomic E-state index is 6.06. The molecular weight excluding hydrogens is 160 g/mol. The van der Waals surface area contributed by atoms with Gasteiger partial charge in [-0.15, -0.1) is 0 Å². The van der Waals surface area contributed by atoms with Gasteiger partial charge in [0.15, 0.2) is 0 Å². The minimum atomic E-state index is 0.309. The Hall–Kier alpha value is -0.0800. The summed E-state index contributed by atoms with van der Waals surface area (Å²) in [5, 5.41) is 0. The summed E-state index contributed by atoms with van der Waals surface area (Å²) in [5.74, 6) is 0.687. The Morgan fingerprint density at radius 1 is 1.15 bits per heavy atom. The maximum Gasteiger partial charge on any atom is 0.0125 e. The van der Waals surface area contributed by atoms with Crippen molar-refractivity contribution in [2.24, 2.45) is 11.7 Å². The smallest absolute Gasteiger partial charge is 0.0125 e. The average molecular weight is 184 g/mol. The van der Waals surface area contributed by atoms with E-state index in [-0.39, 0.29) is 0 Å². The third-order valence-electron chi connectivity index (χ3n) is 3.27. The van der Waals surface area contributed by atoms with Gasteiger partial charge >= 0.3 is 0 Å². The van der Waals surface area contributed by atoms with Gasteiger partial charge in [-0.1, -0.05) is 6.92 Å². The second kappa shape index (κ2) is 3.97. The molecule has 2 nitrogen and oxygen atoms in total. The zero-order valence-electron chi connectivity index (χ0n) is 9.51. The van der Waals surface area contributed by atoms with Crippen molar-refractivity contribution in [2.75, 3.05) is 13.1 Å². The van der Waals surface area contributed by atoms with E-state index in [1.165, 1.54) is 13.0 Å². The van der Waals surface area contributed by atoms with Crippen LogP contribution in [0.4, 0.5) is 0 Å². The Bertz CT molecular complexity index is 148. The highest BCUT2D eigenvalue weighted by atomic mass is 15.2. The highest BCUT2D eigenvalue weighted by molar-refractivity contribution is 4.83. The minimum Gasteiger partial charge on any atom is -0.327 e. The van der Waals surface area contributed by atoms with Crippen molar-refractivity contribution in [3.05, 3.63) is 0 Å². The number of hydrogen-bond acceptors (Lipinski definition) is 2. The molecule has 1 rings (SSSR count). The first-order valence-corrected chi connectivity index (χ1v) is 5.42. The zero-order valence-corrected chi connectivity index (χ0v) is 9.51. The summed E-state index contributed by atoms with van der Waals surface area (Å²) >= 11 is 0. The lowest BCUT2D eigenvalue weighted by molar-refractivity contribution is 0.141. The molecule has 0 radical (unpaired) electrons. The first-order chi connectivity index (χ1) is 5.91. The summed E-state index contributed by atoms with van der Waals surface area (Å²) in [7, 11) is 0. The fraction of sp³-hybridized carbons (Fsp3) is 1.00. The second-order valence-electron chi connectivity index (χ2n) is 5.38. The van der Waals surface area contributed by atoms with Crippen molar-refractivity contribution in [3.8, 4) is 0 Å². The van der Waals surface area contributed by atoms with E-state index in [1.54, 1.807) is 0 Å². The Morgan fingerprint density at radius 2 is 1.69 bits per heavy atom. The molecule has 1 heterocycles. The summed E-state index contributed by atoms with van der Waals surface area (Å²) in [6.07, 6.45) is 2.40. The molecule has 0 spiro atoms. The van der Waals surface area contributed by atoms with Gasteiger partial charge in [-0.2, -0.15) is 0 Å². The molecule has 2 atom stereocenters. The van der Waals surface area contributed by atoms with E-state index in [0.29, 0.717) is 17.5 Å². The van der Waals surface area contributed by atoms with Gasteiger partial charge in [0, 0.05) is 18.1 Å². The Morgan fingerprint density at radius 3 is 2.23 bits per heavy atom. The first kappa shape index (κ1) is 11.0. The lowest BCUT2D eigenvalue weighted by Crippen LogP contribution is -2.42. The van der Waals surface area contributed by atoms with E-state index in [4.69, 9.17) is 5.73 Å². The van der Waals surface area contributed by atoms with E-state index in [2.05, 4.69) is 32.6 Å². The monoisotopic (exact) mass is 184 g/mol. The van der Waals surface area contributed by atoms with Gasteiger partial charge in [0.25, 0.3) is 0 Å². The second-order valence-corrected chi connectivity index (χ2v) is 5.38. The molecule has 0 unspecified atom stereocenters. The standard InChI is InChI=1S/C11H24N2/c1-9-5-7-13(11(2,3)4)8-6-10(9)12/h9-10H,5-8,12H2,1-4H3/t9-,10-/m1/s1. The maximum atomic E-state index is 6.06. The van der Waals surface area contributed by atoms with Crippen LogP contribution < -0.4 is 5.73 Å². The van der Waals surface area contributed by atoms with Gasteiger partial charge in [-0.3, -0.25) is 4.90 Å². The predicted octanol–water partition coefficient (Wildman–Crippen LogP) is 1.84. The topological polar surface area (TPSA) is 29.3 Å². The molecule has 1 aliphatic rings. The van der Waals surface area contributed by atoms with Gasteiger partial charge in [0.2, 0.25) is 0 Å². The molecule has 1 fully saturated rings. The minimum absolute atomic E-state index is 0.309. The molecule has 2 heteroatoms. The van der Waals surface area contributed by atoms with E-state index in [9.17, 15) is 0 Å². The number of likely N-dealkylation sites (tertiary alicyclic amines) is 1. The zero-order chi connectivity index (χ0) is 10.1. The average Bonchev–Trinajstić information content (AvgIpc) is 2.14. The van der Waals surface area contributed by atoms with Crippen LogP contribution in [0.5, 0.6) is 0 Å². The lowest BCUT2D eigenvalue weighted by atomic mass is 9.98. The van der Waals surface area contributed by atoms with Crippen LogP contribution in [0.2, 0.25) is 0 Å². The largest absolute Gasteiger partial charge is 0.327 e. The van der Waals surface area contributed by atoms with E-state index in [1.807, 2.05) is 0 Å². The Balaban J connectivity index is 2.54. The van der Waals surface area contributed by atoms with Crippen molar-refractivity contribution >= 4 is 0 Å². The number of nitrogens with zero attached hydrogens (tertiary/aromatic N) is 1. The van der Waals surface area contributed by atoms with Crippen LogP contribution in [-0.2, 0) is 0 Å². The third kappa shape index (κ3) is 2.96. The molecule has 0 bridgehead atoms. The van der Waals surface area contributed by atoms with Crippen molar-refractivity contribution < 1.29 is 0 Å². The molecule has 0 amide bonds. The van der Waals surface area contributed by atoms with Crippen molar-refractivity contribution in [1.82, 2.24) is 4.90 Å². The molecule has 0 aromatic carbocycles. The lowest BCUT2D eigenvalue weighted by Gasteiger charge is -2.34. The molecule has 0 aliphatic carbocycles. The molecule has 1 saturated heterocycles. The SMILES string of the molecule is C[C@@H]1CCN(C(C)(C)C)CC[C@H]1N. The van der Waals surface area contributed by atoms with Crippen LogP contribution in [0.1, 0.15) is 40.5 Å². The molecule has 0 aromatic heterocycles. The van der Waals surface area contributed by atoms with E-state index in [0.717, 1.165) is 13.0 Å². The Kier molecular flexibility index (Phi) is 3.36. The fourth-order valence-electron chi connectivity index (χ4n) is 1.95. The molecule has 1 aliphatic heterocycles. The van der Waals surface area contributed by atoms with Crippen LogP contribution in [0.15, 0.2) is 0 Å². The molecule has 0 aromatic rings. The highest BCUT2D eigenvalue weighted by Gasteiger charge is 2.26. The summed E-state index contributed by atoms with van der Waals surface area (Å²) in [5.41, 5.74) is 6.37. The van der Waals surface area contributed by atoms with Crippen molar-refractivity contribution in [1.29, 1.82) is 0 Å². The summed E-state index contributed by atoms with van der Waals surface area (Å²) < 4.78 is 0. The van der Waals surface area contributed by atoms with Crippen LogP contribution in [0.3, 0.4) is 0 Å². The third-order valence-corrected chi connectivity index (χ3v) is 3.27. The number of hydrogen-bond donors (Lipinski definition) is 1. The van der Waals surface area contributed by atoms with Gasteiger partial charge in [-0.05, 0) is 46.1 Å². The van der Waals surface area contributed by atoms with E-state index < -0.39 is 0 Å². The van der Waals surface area contributed by atoms with Crippen LogP contribution in [-0.4, -0.2) is 29.6 Å². The van der Waals surface area contributed by atoms with E-state index >= 15 is 0 Å². The number of rotatable bonds is 0. The van der Waals surface area contributed by atoms with Crippen molar-refractivity contribution in [3.63, 3.8) is 0 Å². The first-order valence-electron chi connectivity index (χ1n) is 5.42. The molecule has 0 saturated carbocycles.